The summed E-state index contributed by atoms with van der Waals surface area (Å²) >= 11 is 0. The van der Waals surface area contributed by atoms with Crippen LogP contribution in [0.1, 0.15) is 77.9 Å². The standard InChI is InChI=1S/C50H56B2/c1-29-19-35(7)47(36(8)20-29)51(48-37(9)21-30(2)22-38(48)10)43-15-17-45(33(5)27-43)46-18-16-44(28-34(46)6)52(49-39(11)23-31(3)24-40(49)12)50-41(13)25-32(4)26-42(50)14/h15-28H,1-14H3. The summed E-state index contributed by atoms with van der Waals surface area (Å²) in [5.41, 5.74) is 29.9. The normalized spacial score (nSPS) is 11.3. The second kappa shape index (κ2) is 14.5. The molecule has 0 saturated carbocycles. The SMILES string of the molecule is Cc1cc(C)c(B(c2ccc(-c3ccc(B(c4c(C)cc(C)cc4C)c4c(C)cc(C)cc4C)cc3C)c(C)c2)c2c(C)cc(C)cc2C)c(C)c1. The minimum absolute atomic E-state index is 0.167. The molecular weight excluding hydrogens is 622 g/mol. The lowest BCUT2D eigenvalue weighted by molar-refractivity contribution is 1.33. The lowest BCUT2D eigenvalue weighted by Gasteiger charge is -2.26. The van der Waals surface area contributed by atoms with Crippen molar-refractivity contribution in [2.75, 3.05) is 0 Å². The number of hydrogen-bond acceptors (Lipinski definition) is 0. The van der Waals surface area contributed by atoms with Gasteiger partial charge in [0.15, 0.2) is 0 Å². The average Bonchev–Trinajstić information content (AvgIpc) is 3.01. The van der Waals surface area contributed by atoms with E-state index in [1.54, 1.807) is 0 Å². The average molecular weight is 679 g/mol. The van der Waals surface area contributed by atoms with Gasteiger partial charge >= 0.3 is 0 Å². The first-order chi connectivity index (χ1) is 24.5. The molecule has 0 amide bonds. The van der Waals surface area contributed by atoms with E-state index in [0.29, 0.717) is 0 Å². The van der Waals surface area contributed by atoms with Crippen LogP contribution >= 0.6 is 0 Å². The molecule has 52 heavy (non-hydrogen) atoms. The third kappa shape index (κ3) is 6.98. The van der Waals surface area contributed by atoms with Gasteiger partial charge in [0, 0.05) is 0 Å². The van der Waals surface area contributed by atoms with Crippen molar-refractivity contribution in [3.05, 3.63) is 163 Å². The minimum Gasteiger partial charge on any atom is -0.0683 e. The molecule has 0 atom stereocenters. The van der Waals surface area contributed by atoms with Crippen molar-refractivity contribution < 1.29 is 0 Å². The molecule has 0 aromatic heterocycles. The first kappa shape index (κ1) is 37.2. The number of benzene rings is 6. The Morgan fingerprint density at radius 3 is 0.654 bits per heavy atom. The Morgan fingerprint density at radius 2 is 0.462 bits per heavy atom. The van der Waals surface area contributed by atoms with Crippen LogP contribution in [0.3, 0.4) is 0 Å². The molecule has 0 fully saturated rings. The van der Waals surface area contributed by atoms with Crippen LogP contribution in [0.5, 0.6) is 0 Å². The fourth-order valence-corrected chi connectivity index (χ4v) is 9.88. The molecule has 0 spiro atoms. The van der Waals surface area contributed by atoms with Crippen LogP contribution in [0.2, 0.25) is 0 Å². The van der Waals surface area contributed by atoms with Crippen LogP contribution in [0.25, 0.3) is 11.1 Å². The Hall–Kier alpha value is -4.55. The van der Waals surface area contributed by atoms with Crippen molar-refractivity contribution >= 4 is 46.2 Å². The highest BCUT2D eigenvalue weighted by molar-refractivity contribution is 6.97. The van der Waals surface area contributed by atoms with Gasteiger partial charge in [-0.15, -0.1) is 0 Å². The van der Waals surface area contributed by atoms with Crippen LogP contribution < -0.4 is 32.8 Å². The zero-order chi connectivity index (χ0) is 37.8. The fraction of sp³-hybridized carbons (Fsp3) is 0.280. The topological polar surface area (TPSA) is 0 Å². The van der Waals surface area contributed by atoms with E-state index < -0.39 is 0 Å². The maximum atomic E-state index is 2.46. The van der Waals surface area contributed by atoms with E-state index in [0.717, 1.165) is 0 Å². The van der Waals surface area contributed by atoms with Crippen LogP contribution in [0, 0.1) is 96.9 Å². The van der Waals surface area contributed by atoms with E-state index in [1.165, 1.54) is 122 Å². The molecule has 0 aliphatic heterocycles. The smallest absolute Gasteiger partial charge is 0.0683 e. The second-order valence-electron chi connectivity index (χ2n) is 16.3. The van der Waals surface area contributed by atoms with E-state index in [-0.39, 0.29) is 13.4 Å². The third-order valence-electron chi connectivity index (χ3n) is 11.6. The Kier molecular flexibility index (Phi) is 10.4. The monoisotopic (exact) mass is 678 g/mol. The van der Waals surface area contributed by atoms with Crippen LogP contribution in [-0.4, -0.2) is 13.4 Å². The van der Waals surface area contributed by atoms with E-state index in [9.17, 15) is 0 Å². The molecule has 0 bridgehead atoms. The highest BCUT2D eigenvalue weighted by atomic mass is 14.2. The summed E-state index contributed by atoms with van der Waals surface area (Å²) in [6, 6.07) is 33.3. The zero-order valence-electron chi connectivity index (χ0n) is 34.2. The second-order valence-corrected chi connectivity index (χ2v) is 16.3. The molecular formula is C50H56B2. The van der Waals surface area contributed by atoms with E-state index >= 15 is 0 Å². The van der Waals surface area contributed by atoms with Crippen molar-refractivity contribution in [3.8, 4) is 11.1 Å². The van der Waals surface area contributed by atoms with Gasteiger partial charge in [0.25, 0.3) is 0 Å². The zero-order valence-corrected chi connectivity index (χ0v) is 34.2. The highest BCUT2D eigenvalue weighted by Crippen LogP contribution is 2.26. The molecule has 6 aromatic carbocycles. The minimum atomic E-state index is 0.167. The van der Waals surface area contributed by atoms with Crippen LogP contribution in [-0.2, 0) is 0 Å². The van der Waals surface area contributed by atoms with Gasteiger partial charge in [-0.3, -0.25) is 0 Å². The van der Waals surface area contributed by atoms with Gasteiger partial charge in [-0.2, -0.15) is 0 Å². The molecule has 0 nitrogen and oxygen atoms in total. The lowest BCUT2D eigenvalue weighted by Crippen LogP contribution is -2.56. The van der Waals surface area contributed by atoms with Crippen LogP contribution in [0.4, 0.5) is 0 Å². The number of aryl methyl sites for hydroxylation is 14. The first-order valence-electron chi connectivity index (χ1n) is 19.1. The van der Waals surface area contributed by atoms with Crippen LogP contribution in [0.15, 0.2) is 84.9 Å². The third-order valence-corrected chi connectivity index (χ3v) is 11.6. The van der Waals surface area contributed by atoms with Crippen molar-refractivity contribution in [2.24, 2.45) is 0 Å². The lowest BCUT2D eigenvalue weighted by atomic mass is 9.34. The fourth-order valence-electron chi connectivity index (χ4n) is 9.88. The van der Waals surface area contributed by atoms with Crippen molar-refractivity contribution in [1.82, 2.24) is 0 Å². The first-order valence-corrected chi connectivity index (χ1v) is 19.1. The molecule has 0 aliphatic rings. The van der Waals surface area contributed by atoms with Crippen molar-refractivity contribution in [3.63, 3.8) is 0 Å². The Morgan fingerprint density at radius 1 is 0.250 bits per heavy atom. The molecule has 6 rings (SSSR count). The molecule has 6 aromatic rings. The van der Waals surface area contributed by atoms with Gasteiger partial charge in [-0.1, -0.05) is 184 Å². The van der Waals surface area contributed by atoms with Gasteiger partial charge in [-0.05, 0) is 119 Å². The summed E-state index contributed by atoms with van der Waals surface area (Å²) in [4.78, 5) is 0. The molecule has 0 aliphatic carbocycles. The summed E-state index contributed by atoms with van der Waals surface area (Å²) in [5, 5.41) is 0. The predicted molar refractivity (Wildman–Crippen MR) is 233 cm³/mol. The van der Waals surface area contributed by atoms with Gasteiger partial charge < -0.3 is 0 Å². The van der Waals surface area contributed by atoms with Crippen molar-refractivity contribution in [1.29, 1.82) is 0 Å². The molecule has 2 heteroatoms. The Balaban J connectivity index is 1.49. The summed E-state index contributed by atoms with van der Waals surface area (Å²) in [6.45, 7) is 32.1. The largest absolute Gasteiger partial charge is 0.242 e. The maximum Gasteiger partial charge on any atom is 0.242 e. The Bertz CT molecular complexity index is 1980. The summed E-state index contributed by atoms with van der Waals surface area (Å²) < 4.78 is 0. The molecule has 0 heterocycles. The maximum absolute atomic E-state index is 2.46. The Labute approximate surface area is 315 Å². The number of rotatable bonds is 7. The molecule has 0 N–H and O–H groups in total. The van der Waals surface area contributed by atoms with E-state index in [2.05, 4.69) is 182 Å². The van der Waals surface area contributed by atoms with E-state index in [4.69, 9.17) is 0 Å². The van der Waals surface area contributed by atoms with Gasteiger partial charge in [-0.25, -0.2) is 0 Å². The van der Waals surface area contributed by atoms with Crippen molar-refractivity contribution in [2.45, 2.75) is 96.9 Å². The van der Waals surface area contributed by atoms with Gasteiger partial charge in [0.05, 0.1) is 0 Å². The summed E-state index contributed by atoms with van der Waals surface area (Å²) in [7, 11) is 0. The molecule has 0 saturated heterocycles. The predicted octanol–water partition coefficient (Wildman–Crippen LogP) is 8.70. The molecule has 262 valence electrons. The van der Waals surface area contributed by atoms with Gasteiger partial charge in [0.1, 0.15) is 0 Å². The number of hydrogen-bond donors (Lipinski definition) is 0. The summed E-state index contributed by atoms with van der Waals surface area (Å²) in [5.74, 6) is 0. The highest BCUT2D eigenvalue weighted by Gasteiger charge is 2.31. The quantitative estimate of drug-likeness (QED) is 0.148. The van der Waals surface area contributed by atoms with Gasteiger partial charge in [0.2, 0.25) is 13.4 Å². The molecule has 0 unspecified atom stereocenters. The summed E-state index contributed by atoms with van der Waals surface area (Å²) in [6.07, 6.45) is 0. The van der Waals surface area contributed by atoms with E-state index in [1.807, 2.05) is 0 Å². The molecule has 0 radical (unpaired) electrons.